The number of hydrogen-bond donors (Lipinski definition) is 2. The van der Waals surface area contributed by atoms with Crippen LogP contribution in [0, 0.1) is 5.82 Å². The molecule has 1 saturated heterocycles. The summed E-state index contributed by atoms with van der Waals surface area (Å²) in [5.74, 6) is -1.29. The Bertz CT molecular complexity index is 1290. The van der Waals surface area contributed by atoms with Gasteiger partial charge in [0.2, 0.25) is 5.91 Å². The molecule has 1 fully saturated rings. The number of rotatable bonds is 9. The molecule has 37 heavy (non-hydrogen) atoms. The fourth-order valence-corrected chi connectivity index (χ4v) is 4.23. The van der Waals surface area contributed by atoms with Crippen molar-refractivity contribution >= 4 is 35.2 Å². The van der Waals surface area contributed by atoms with Crippen LogP contribution < -0.4 is 10.6 Å². The molecule has 2 atom stereocenters. The third-order valence-corrected chi connectivity index (χ3v) is 6.02. The molecule has 3 aromatic rings. The van der Waals surface area contributed by atoms with E-state index in [2.05, 4.69) is 10.6 Å². The Labute approximate surface area is 218 Å². The second kappa shape index (κ2) is 11.9. The van der Waals surface area contributed by atoms with E-state index in [-0.39, 0.29) is 18.7 Å². The van der Waals surface area contributed by atoms with Gasteiger partial charge in [0.25, 0.3) is 5.91 Å². The third-order valence-electron chi connectivity index (χ3n) is 5.78. The van der Waals surface area contributed by atoms with Crippen molar-refractivity contribution in [1.82, 2.24) is 10.2 Å². The topological polar surface area (TPSA) is 97.0 Å². The van der Waals surface area contributed by atoms with Gasteiger partial charge in [0.15, 0.2) is 12.1 Å². The zero-order valence-electron chi connectivity index (χ0n) is 19.9. The van der Waals surface area contributed by atoms with Gasteiger partial charge < -0.3 is 20.1 Å². The molecule has 0 aromatic heterocycles. The van der Waals surface area contributed by atoms with Crippen molar-refractivity contribution in [3.8, 4) is 0 Å². The minimum absolute atomic E-state index is 0.110. The normalized spacial score (nSPS) is 16.8. The highest BCUT2D eigenvalue weighted by molar-refractivity contribution is 6.30. The number of cyclic esters (lactones) is 1. The number of anilines is 1. The molecular weight excluding hydrogens is 501 g/mol. The second-order valence-electron chi connectivity index (χ2n) is 8.38. The molecule has 0 spiro atoms. The Hall–Kier alpha value is -3.95. The third kappa shape index (κ3) is 6.44. The predicted molar refractivity (Wildman–Crippen MR) is 136 cm³/mol. The summed E-state index contributed by atoms with van der Waals surface area (Å²) in [6, 6.07) is 17.9. The van der Waals surface area contributed by atoms with Crippen molar-refractivity contribution in [3.05, 3.63) is 100 Å². The van der Waals surface area contributed by atoms with Crippen molar-refractivity contribution < 1.29 is 28.2 Å². The summed E-state index contributed by atoms with van der Waals surface area (Å²) in [7, 11) is 1.52. The summed E-state index contributed by atoms with van der Waals surface area (Å²) in [4.78, 5) is 40.1. The lowest BCUT2D eigenvalue weighted by Gasteiger charge is -2.24. The van der Waals surface area contributed by atoms with Crippen molar-refractivity contribution in [1.29, 1.82) is 0 Å². The van der Waals surface area contributed by atoms with Gasteiger partial charge in [0.1, 0.15) is 5.82 Å². The summed E-state index contributed by atoms with van der Waals surface area (Å²) in [6.07, 6.45) is -1.59. The number of nitrogens with zero attached hydrogens (tertiary/aromatic N) is 1. The van der Waals surface area contributed by atoms with E-state index < -0.39 is 35.9 Å². The number of amides is 3. The first-order valence-corrected chi connectivity index (χ1v) is 11.9. The number of hydrogen-bond acceptors (Lipinski definition) is 5. The SMILES string of the molecule is COCCNC(=O)[C@@H]1[C@@H](c2cccc(NC(=O)c3ccc(F)cc3)c2)OC(=O)N1Cc1cccc(Cl)c1. The number of halogens is 2. The molecule has 10 heteroatoms. The van der Waals surface area contributed by atoms with Crippen LogP contribution in [0.2, 0.25) is 5.02 Å². The number of benzene rings is 3. The molecule has 0 saturated carbocycles. The largest absolute Gasteiger partial charge is 0.438 e. The molecule has 0 aliphatic carbocycles. The Kier molecular flexibility index (Phi) is 8.37. The number of carbonyl (C=O) groups excluding carboxylic acids is 3. The van der Waals surface area contributed by atoms with Crippen LogP contribution in [-0.4, -0.2) is 49.1 Å². The fourth-order valence-electron chi connectivity index (χ4n) is 4.02. The predicted octanol–water partition coefficient (Wildman–Crippen LogP) is 4.56. The van der Waals surface area contributed by atoms with Gasteiger partial charge in [-0.25, -0.2) is 9.18 Å². The van der Waals surface area contributed by atoms with E-state index in [1.54, 1.807) is 48.5 Å². The first-order chi connectivity index (χ1) is 17.9. The Balaban J connectivity index is 1.59. The van der Waals surface area contributed by atoms with Crippen molar-refractivity contribution in [2.75, 3.05) is 25.6 Å². The number of ether oxygens (including phenoxy) is 2. The van der Waals surface area contributed by atoms with Gasteiger partial charge in [0, 0.05) is 29.9 Å². The van der Waals surface area contributed by atoms with Crippen molar-refractivity contribution in [2.24, 2.45) is 0 Å². The van der Waals surface area contributed by atoms with Gasteiger partial charge in [0.05, 0.1) is 13.2 Å². The molecule has 3 aromatic carbocycles. The molecule has 8 nitrogen and oxygen atoms in total. The lowest BCUT2D eigenvalue weighted by molar-refractivity contribution is -0.126. The molecule has 1 heterocycles. The van der Waals surface area contributed by atoms with Gasteiger partial charge in [-0.2, -0.15) is 0 Å². The summed E-state index contributed by atoms with van der Waals surface area (Å²) in [6.45, 7) is 0.669. The van der Waals surface area contributed by atoms with Crippen LogP contribution in [-0.2, 0) is 20.8 Å². The first-order valence-electron chi connectivity index (χ1n) is 11.5. The van der Waals surface area contributed by atoms with Crippen LogP contribution in [0.3, 0.4) is 0 Å². The molecule has 3 amide bonds. The average molecular weight is 526 g/mol. The second-order valence-corrected chi connectivity index (χ2v) is 8.81. The van der Waals surface area contributed by atoms with Gasteiger partial charge >= 0.3 is 6.09 Å². The van der Waals surface area contributed by atoms with E-state index in [0.29, 0.717) is 22.9 Å². The number of nitrogens with one attached hydrogen (secondary N) is 2. The highest BCUT2D eigenvalue weighted by atomic mass is 35.5. The Morgan fingerprint density at radius 2 is 1.84 bits per heavy atom. The number of methoxy groups -OCH3 is 1. The Morgan fingerprint density at radius 3 is 2.57 bits per heavy atom. The van der Waals surface area contributed by atoms with Crippen LogP contribution in [0.4, 0.5) is 14.9 Å². The van der Waals surface area contributed by atoms with Crippen LogP contribution in [0.25, 0.3) is 0 Å². The van der Waals surface area contributed by atoms with E-state index in [4.69, 9.17) is 21.1 Å². The molecule has 192 valence electrons. The van der Waals surface area contributed by atoms with Crippen LogP contribution in [0.1, 0.15) is 27.6 Å². The molecule has 0 bridgehead atoms. The summed E-state index contributed by atoms with van der Waals surface area (Å²) < 4.78 is 23.9. The van der Waals surface area contributed by atoms with E-state index in [1.807, 2.05) is 0 Å². The molecule has 1 aliphatic heterocycles. The van der Waals surface area contributed by atoms with E-state index >= 15 is 0 Å². The maximum absolute atomic E-state index is 13.2. The van der Waals surface area contributed by atoms with Gasteiger partial charge in [-0.1, -0.05) is 35.9 Å². The maximum Gasteiger partial charge on any atom is 0.411 e. The fraction of sp³-hybridized carbons (Fsp3) is 0.222. The van der Waals surface area contributed by atoms with Gasteiger partial charge in [-0.3, -0.25) is 14.5 Å². The van der Waals surface area contributed by atoms with Gasteiger partial charge in [-0.15, -0.1) is 0 Å². The zero-order chi connectivity index (χ0) is 26.4. The minimum atomic E-state index is -0.980. The Morgan fingerprint density at radius 1 is 1.08 bits per heavy atom. The smallest absolute Gasteiger partial charge is 0.411 e. The first kappa shape index (κ1) is 26.1. The average Bonchev–Trinajstić information content (AvgIpc) is 3.20. The standard InChI is InChI=1S/C27H25ClFN3O5/c1-36-13-12-30-26(34)23-24(37-27(35)32(23)16-17-4-2-6-20(28)14-17)19-5-3-7-22(15-19)31-25(33)18-8-10-21(29)11-9-18/h2-11,14-15,23-24H,12-13,16H2,1H3,(H,30,34)(H,31,33)/t23-,24+/m0/s1. The number of carbonyl (C=O) groups is 3. The maximum atomic E-state index is 13.2. The quantitative estimate of drug-likeness (QED) is 0.399. The molecular formula is C27H25ClFN3O5. The highest BCUT2D eigenvalue weighted by Crippen LogP contribution is 2.35. The zero-order valence-corrected chi connectivity index (χ0v) is 20.7. The van der Waals surface area contributed by atoms with Crippen LogP contribution >= 0.6 is 11.6 Å². The summed E-state index contributed by atoms with van der Waals surface area (Å²) >= 11 is 6.10. The van der Waals surface area contributed by atoms with Crippen LogP contribution in [0.5, 0.6) is 0 Å². The summed E-state index contributed by atoms with van der Waals surface area (Å²) in [5, 5.41) is 6.04. The van der Waals surface area contributed by atoms with Crippen molar-refractivity contribution in [2.45, 2.75) is 18.7 Å². The summed E-state index contributed by atoms with van der Waals surface area (Å²) in [5.41, 5.74) is 1.96. The molecule has 1 aliphatic rings. The van der Waals surface area contributed by atoms with E-state index in [1.165, 1.54) is 36.3 Å². The molecule has 2 N–H and O–H groups in total. The highest BCUT2D eigenvalue weighted by Gasteiger charge is 2.47. The van der Waals surface area contributed by atoms with E-state index in [0.717, 1.165) is 5.56 Å². The molecule has 0 unspecified atom stereocenters. The lowest BCUT2D eigenvalue weighted by Crippen LogP contribution is -2.47. The van der Waals surface area contributed by atoms with Crippen LogP contribution in [0.15, 0.2) is 72.8 Å². The molecule has 0 radical (unpaired) electrons. The van der Waals surface area contributed by atoms with E-state index in [9.17, 15) is 18.8 Å². The van der Waals surface area contributed by atoms with Gasteiger partial charge in [-0.05, 0) is 59.7 Å². The minimum Gasteiger partial charge on any atom is -0.438 e. The molecule has 4 rings (SSSR count). The monoisotopic (exact) mass is 525 g/mol. The lowest BCUT2D eigenvalue weighted by atomic mass is 10.00. The van der Waals surface area contributed by atoms with Crippen molar-refractivity contribution in [3.63, 3.8) is 0 Å².